The van der Waals surface area contributed by atoms with E-state index in [1.165, 1.54) is 11.8 Å². The van der Waals surface area contributed by atoms with Crippen LogP contribution in [0, 0.1) is 0 Å². The Labute approximate surface area is 150 Å². The molecule has 1 aliphatic rings. The second-order valence-corrected chi connectivity index (χ2v) is 6.99. The number of para-hydroxylation sites is 1. The lowest BCUT2D eigenvalue weighted by Crippen LogP contribution is -2.55. The van der Waals surface area contributed by atoms with Crippen molar-refractivity contribution in [3.05, 3.63) is 54.6 Å². The number of carboxylic acids is 1. The van der Waals surface area contributed by atoms with Gasteiger partial charge in [0.25, 0.3) is 5.91 Å². The Hall–Kier alpha value is -2.47. The van der Waals surface area contributed by atoms with E-state index in [9.17, 15) is 14.7 Å². The molecule has 0 spiro atoms. The van der Waals surface area contributed by atoms with E-state index in [1.807, 2.05) is 48.5 Å². The van der Waals surface area contributed by atoms with Crippen LogP contribution >= 0.6 is 11.8 Å². The quantitative estimate of drug-likeness (QED) is 0.831. The Kier molecular flexibility index (Phi) is 5.28. The van der Waals surface area contributed by atoms with Gasteiger partial charge in [0.1, 0.15) is 11.3 Å². The van der Waals surface area contributed by atoms with Crippen molar-refractivity contribution in [2.45, 2.75) is 12.0 Å². The lowest BCUT2D eigenvalue weighted by molar-refractivity contribution is -0.146. The maximum atomic E-state index is 12.2. The molecule has 2 N–H and O–H groups in total. The molecule has 25 heavy (non-hydrogen) atoms. The summed E-state index contributed by atoms with van der Waals surface area (Å²) in [5, 5.41) is 12.1. The van der Waals surface area contributed by atoms with Gasteiger partial charge in [0.15, 0.2) is 6.61 Å². The number of carbonyl (C=O) groups excluding carboxylic acids is 1. The summed E-state index contributed by atoms with van der Waals surface area (Å²) in [6.07, 6.45) is 0.430. The molecule has 1 unspecified atom stereocenters. The van der Waals surface area contributed by atoms with Gasteiger partial charge in [-0.1, -0.05) is 48.5 Å². The van der Waals surface area contributed by atoms with Crippen molar-refractivity contribution in [1.29, 1.82) is 0 Å². The first-order valence-electron chi connectivity index (χ1n) is 8.00. The molecule has 0 aromatic heterocycles. The number of aliphatic carboxylic acids is 1. The SMILES string of the molecule is O=C(COc1ccccc1-c1ccccc1)NC1(C(=O)O)CCSC1. The van der Waals surface area contributed by atoms with Crippen LogP contribution in [-0.4, -0.2) is 40.6 Å². The summed E-state index contributed by atoms with van der Waals surface area (Å²) in [5.41, 5.74) is 0.706. The average molecular weight is 357 g/mol. The van der Waals surface area contributed by atoms with Crippen LogP contribution in [0.5, 0.6) is 5.75 Å². The minimum Gasteiger partial charge on any atom is -0.483 e. The van der Waals surface area contributed by atoms with E-state index >= 15 is 0 Å². The Morgan fingerprint density at radius 2 is 1.84 bits per heavy atom. The van der Waals surface area contributed by atoms with Gasteiger partial charge < -0.3 is 15.2 Å². The molecule has 0 aliphatic carbocycles. The molecule has 1 aliphatic heterocycles. The van der Waals surface area contributed by atoms with Crippen LogP contribution in [0.2, 0.25) is 0 Å². The Bertz CT molecular complexity index is 757. The van der Waals surface area contributed by atoms with Crippen LogP contribution in [0.25, 0.3) is 11.1 Å². The number of benzene rings is 2. The summed E-state index contributed by atoms with van der Waals surface area (Å²) in [7, 11) is 0. The van der Waals surface area contributed by atoms with E-state index in [0.29, 0.717) is 17.9 Å². The second-order valence-electron chi connectivity index (χ2n) is 5.89. The molecule has 6 heteroatoms. The highest BCUT2D eigenvalue weighted by Crippen LogP contribution is 2.30. The van der Waals surface area contributed by atoms with Crippen molar-refractivity contribution < 1.29 is 19.4 Å². The molecule has 3 rings (SSSR count). The van der Waals surface area contributed by atoms with Crippen LogP contribution in [-0.2, 0) is 9.59 Å². The largest absolute Gasteiger partial charge is 0.483 e. The first-order valence-corrected chi connectivity index (χ1v) is 9.16. The zero-order valence-corrected chi connectivity index (χ0v) is 14.4. The molecule has 1 atom stereocenters. The van der Waals surface area contributed by atoms with E-state index in [4.69, 9.17) is 4.74 Å². The van der Waals surface area contributed by atoms with Gasteiger partial charge in [-0.05, 0) is 23.8 Å². The first kappa shape index (κ1) is 17.4. The highest BCUT2D eigenvalue weighted by molar-refractivity contribution is 7.99. The third-order valence-electron chi connectivity index (χ3n) is 4.14. The molecule has 1 fully saturated rings. The number of nitrogens with one attached hydrogen (secondary N) is 1. The number of rotatable bonds is 6. The predicted octanol–water partition coefficient (Wildman–Crippen LogP) is 2.81. The lowest BCUT2D eigenvalue weighted by Gasteiger charge is -2.24. The van der Waals surface area contributed by atoms with Crippen LogP contribution in [0.15, 0.2) is 54.6 Å². The van der Waals surface area contributed by atoms with Crippen molar-refractivity contribution in [3.8, 4) is 16.9 Å². The highest BCUT2D eigenvalue weighted by Gasteiger charge is 2.43. The van der Waals surface area contributed by atoms with Gasteiger partial charge >= 0.3 is 5.97 Å². The van der Waals surface area contributed by atoms with E-state index in [-0.39, 0.29) is 6.61 Å². The molecule has 2 aromatic carbocycles. The van der Waals surface area contributed by atoms with E-state index in [2.05, 4.69) is 5.32 Å². The number of hydrogen-bond donors (Lipinski definition) is 2. The molecule has 0 radical (unpaired) electrons. The summed E-state index contributed by atoms with van der Waals surface area (Å²) < 4.78 is 5.68. The predicted molar refractivity (Wildman–Crippen MR) is 97.8 cm³/mol. The standard InChI is InChI=1S/C19H19NO4S/c21-17(20-19(18(22)23)10-11-25-13-19)12-24-16-9-5-4-8-15(16)14-6-2-1-3-7-14/h1-9H,10-13H2,(H,20,21)(H,22,23). The molecule has 130 valence electrons. The third kappa shape index (κ3) is 3.96. The monoisotopic (exact) mass is 357 g/mol. The summed E-state index contributed by atoms with van der Waals surface area (Å²) in [6.45, 7) is -0.219. The molecular formula is C19H19NO4S. The number of ether oxygens (including phenoxy) is 1. The fraction of sp³-hybridized carbons (Fsp3) is 0.263. The summed E-state index contributed by atoms with van der Waals surface area (Å²) in [5.74, 6) is 0.288. The second kappa shape index (κ2) is 7.61. The highest BCUT2D eigenvalue weighted by atomic mass is 32.2. The van der Waals surface area contributed by atoms with Crippen molar-refractivity contribution in [2.75, 3.05) is 18.1 Å². The minimum absolute atomic E-state index is 0.219. The van der Waals surface area contributed by atoms with E-state index in [0.717, 1.165) is 16.9 Å². The summed E-state index contributed by atoms with van der Waals surface area (Å²) >= 11 is 1.53. The molecule has 2 aromatic rings. The van der Waals surface area contributed by atoms with Crippen LogP contribution in [0.3, 0.4) is 0 Å². The van der Waals surface area contributed by atoms with Gasteiger partial charge in [0.05, 0.1) is 0 Å². The molecule has 1 heterocycles. The summed E-state index contributed by atoms with van der Waals surface area (Å²) in [6, 6.07) is 17.2. The maximum absolute atomic E-state index is 12.2. The zero-order chi connectivity index (χ0) is 17.7. The molecule has 5 nitrogen and oxygen atoms in total. The first-order chi connectivity index (χ1) is 12.1. The van der Waals surface area contributed by atoms with E-state index in [1.54, 1.807) is 6.07 Å². The van der Waals surface area contributed by atoms with Crippen molar-refractivity contribution in [1.82, 2.24) is 5.32 Å². The molecule has 0 saturated carbocycles. The van der Waals surface area contributed by atoms with E-state index < -0.39 is 17.4 Å². The number of carboxylic acid groups (broad SMARTS) is 1. The Morgan fingerprint density at radius 3 is 2.52 bits per heavy atom. The third-order valence-corrected chi connectivity index (χ3v) is 5.33. The van der Waals surface area contributed by atoms with Gasteiger partial charge in [-0.2, -0.15) is 11.8 Å². The average Bonchev–Trinajstić information content (AvgIpc) is 3.11. The maximum Gasteiger partial charge on any atom is 0.330 e. The molecular weight excluding hydrogens is 338 g/mol. The zero-order valence-electron chi connectivity index (χ0n) is 13.6. The normalized spacial score (nSPS) is 19.4. The van der Waals surface area contributed by atoms with Gasteiger partial charge in [-0.3, -0.25) is 4.79 Å². The van der Waals surface area contributed by atoms with Crippen molar-refractivity contribution >= 4 is 23.6 Å². The van der Waals surface area contributed by atoms with Crippen LogP contribution < -0.4 is 10.1 Å². The molecule has 1 amide bonds. The molecule has 1 saturated heterocycles. The van der Waals surface area contributed by atoms with Crippen molar-refractivity contribution in [3.63, 3.8) is 0 Å². The fourth-order valence-electron chi connectivity index (χ4n) is 2.78. The van der Waals surface area contributed by atoms with Gasteiger partial charge in [-0.15, -0.1) is 0 Å². The topological polar surface area (TPSA) is 75.6 Å². The number of thioether (sulfide) groups is 1. The Balaban J connectivity index is 1.68. The van der Waals surface area contributed by atoms with Crippen molar-refractivity contribution in [2.24, 2.45) is 0 Å². The fourth-order valence-corrected chi connectivity index (χ4v) is 4.11. The van der Waals surface area contributed by atoms with Gasteiger partial charge in [-0.25, -0.2) is 4.79 Å². The summed E-state index contributed by atoms with van der Waals surface area (Å²) in [4.78, 5) is 23.7. The van der Waals surface area contributed by atoms with Gasteiger partial charge in [0.2, 0.25) is 0 Å². The Morgan fingerprint density at radius 1 is 1.12 bits per heavy atom. The minimum atomic E-state index is -1.18. The number of hydrogen-bond acceptors (Lipinski definition) is 4. The molecule has 0 bridgehead atoms. The van der Waals surface area contributed by atoms with Crippen LogP contribution in [0.4, 0.5) is 0 Å². The number of carbonyl (C=O) groups is 2. The van der Waals surface area contributed by atoms with Gasteiger partial charge in [0, 0.05) is 11.3 Å². The smallest absolute Gasteiger partial charge is 0.330 e. The lowest BCUT2D eigenvalue weighted by atomic mass is 9.99. The number of amides is 1. The van der Waals surface area contributed by atoms with Crippen LogP contribution in [0.1, 0.15) is 6.42 Å².